The van der Waals surface area contributed by atoms with Crippen molar-refractivity contribution in [2.24, 2.45) is 16.7 Å². The van der Waals surface area contributed by atoms with E-state index >= 15 is 0 Å². The van der Waals surface area contributed by atoms with Crippen LogP contribution in [-0.2, 0) is 9.59 Å². The van der Waals surface area contributed by atoms with Gasteiger partial charge in [-0.3, -0.25) is 9.59 Å². The average molecular weight is 319 g/mol. The highest BCUT2D eigenvalue weighted by molar-refractivity contribution is 6.47. The van der Waals surface area contributed by atoms with Crippen molar-refractivity contribution in [1.29, 1.82) is 10.5 Å². The molecule has 4 nitrogen and oxygen atoms in total. The monoisotopic (exact) mass is 318 g/mol. The molecule has 0 heterocycles. The first-order chi connectivity index (χ1) is 9.96. The Labute approximate surface area is 130 Å². The Bertz CT molecular complexity index is 728. The van der Waals surface area contributed by atoms with Gasteiger partial charge in [-0.2, -0.15) is 10.5 Å². The molecule has 2 unspecified atom stereocenters. The molecule has 1 saturated carbocycles. The number of hydrogen-bond acceptors (Lipinski definition) is 4. The van der Waals surface area contributed by atoms with Crippen molar-refractivity contribution >= 4 is 34.8 Å². The van der Waals surface area contributed by atoms with Crippen molar-refractivity contribution in [3.05, 3.63) is 36.0 Å². The number of allylic oxidation sites excluding steroid dienone is 6. The van der Waals surface area contributed by atoms with E-state index in [-0.39, 0.29) is 5.92 Å². The van der Waals surface area contributed by atoms with E-state index in [1.165, 1.54) is 6.08 Å². The summed E-state index contributed by atoms with van der Waals surface area (Å²) >= 11 is 11.8. The highest BCUT2D eigenvalue weighted by Gasteiger charge is 2.75. The van der Waals surface area contributed by atoms with E-state index in [0.29, 0.717) is 5.57 Å². The lowest BCUT2D eigenvalue weighted by Gasteiger charge is -2.53. The van der Waals surface area contributed by atoms with E-state index in [2.05, 4.69) is 0 Å². The number of carbonyl (C=O) groups is 2. The van der Waals surface area contributed by atoms with E-state index in [1.54, 1.807) is 24.3 Å². The molecular weight excluding hydrogens is 311 g/mol. The van der Waals surface area contributed by atoms with Crippen LogP contribution in [0.5, 0.6) is 0 Å². The molecule has 0 bridgehead atoms. The largest absolute Gasteiger partial charge is 0.296 e. The zero-order chi connectivity index (χ0) is 15.4. The van der Waals surface area contributed by atoms with Gasteiger partial charge in [-0.15, -0.1) is 23.2 Å². The van der Waals surface area contributed by atoms with E-state index < -0.39 is 33.2 Å². The SMILES string of the molecule is N#C[C@@]12C(=O)C(Cl)C(Cl)C(=O)[C@]1(C#N)C=C2C1C=CC=C1. The highest BCUT2D eigenvalue weighted by Crippen LogP contribution is 2.63. The van der Waals surface area contributed by atoms with Crippen LogP contribution in [0.1, 0.15) is 0 Å². The third-order valence-corrected chi connectivity index (χ3v) is 5.39. The first-order valence-corrected chi connectivity index (χ1v) is 7.11. The van der Waals surface area contributed by atoms with Gasteiger partial charge in [0.25, 0.3) is 0 Å². The molecule has 0 aliphatic heterocycles. The third kappa shape index (κ3) is 1.35. The number of alkyl halides is 2. The summed E-state index contributed by atoms with van der Waals surface area (Å²) < 4.78 is 0. The van der Waals surface area contributed by atoms with Crippen LogP contribution >= 0.6 is 23.2 Å². The Morgan fingerprint density at radius 2 is 1.57 bits per heavy atom. The molecule has 104 valence electrons. The zero-order valence-electron chi connectivity index (χ0n) is 10.6. The summed E-state index contributed by atoms with van der Waals surface area (Å²) in [5, 5.41) is 16.5. The standard InChI is InChI=1S/C15H8Cl2N2O2/c16-10-11(17)13(21)15(7-19)9(8-3-1-2-4-8)5-14(15,6-18)12(10)20/h1-5,8,10-11H/t10?,11?,14-,15-/m1/s1. The fourth-order valence-electron chi connectivity index (χ4n) is 3.25. The van der Waals surface area contributed by atoms with E-state index in [4.69, 9.17) is 23.2 Å². The maximum absolute atomic E-state index is 12.6. The second kappa shape index (κ2) is 4.31. The van der Waals surface area contributed by atoms with Crippen LogP contribution in [-0.4, -0.2) is 22.3 Å². The number of nitrogens with zero attached hydrogens (tertiary/aromatic N) is 2. The second-order valence-electron chi connectivity index (χ2n) is 5.21. The van der Waals surface area contributed by atoms with Gasteiger partial charge in [-0.25, -0.2) is 0 Å². The number of nitriles is 2. The van der Waals surface area contributed by atoms with Gasteiger partial charge in [-0.05, 0) is 5.57 Å². The topological polar surface area (TPSA) is 81.7 Å². The van der Waals surface area contributed by atoms with Crippen molar-refractivity contribution in [2.45, 2.75) is 10.8 Å². The lowest BCUT2D eigenvalue weighted by molar-refractivity contribution is -0.143. The van der Waals surface area contributed by atoms with Crippen molar-refractivity contribution in [2.75, 3.05) is 0 Å². The molecule has 0 aromatic rings. The average Bonchev–Trinajstić information content (AvgIpc) is 2.99. The summed E-state index contributed by atoms with van der Waals surface area (Å²) in [6, 6.07) is 3.73. The minimum Gasteiger partial charge on any atom is -0.296 e. The lowest BCUT2D eigenvalue weighted by Crippen LogP contribution is -2.67. The van der Waals surface area contributed by atoms with Crippen LogP contribution in [0.3, 0.4) is 0 Å². The fourth-order valence-corrected chi connectivity index (χ4v) is 3.81. The molecule has 0 spiro atoms. The second-order valence-corrected chi connectivity index (χ2v) is 6.15. The van der Waals surface area contributed by atoms with Crippen LogP contribution in [0.15, 0.2) is 36.0 Å². The van der Waals surface area contributed by atoms with Crippen molar-refractivity contribution < 1.29 is 9.59 Å². The van der Waals surface area contributed by atoms with Crippen molar-refractivity contribution in [3.8, 4) is 12.1 Å². The fraction of sp³-hybridized carbons (Fsp3) is 0.333. The molecule has 6 heteroatoms. The Morgan fingerprint density at radius 3 is 2.10 bits per heavy atom. The smallest absolute Gasteiger partial charge is 0.179 e. The summed E-state index contributed by atoms with van der Waals surface area (Å²) in [4.78, 5) is 25.0. The number of carbonyl (C=O) groups excluding carboxylic acids is 2. The minimum atomic E-state index is -1.83. The van der Waals surface area contributed by atoms with Gasteiger partial charge in [0.15, 0.2) is 22.4 Å². The Morgan fingerprint density at radius 1 is 1.00 bits per heavy atom. The molecule has 21 heavy (non-hydrogen) atoms. The van der Waals surface area contributed by atoms with Gasteiger partial charge in [0, 0.05) is 5.92 Å². The van der Waals surface area contributed by atoms with E-state index in [9.17, 15) is 20.1 Å². The van der Waals surface area contributed by atoms with Gasteiger partial charge in [0.2, 0.25) is 0 Å². The Balaban J connectivity index is 2.25. The summed E-state index contributed by atoms with van der Waals surface area (Å²) in [7, 11) is 0. The molecule has 3 rings (SSSR count). The van der Waals surface area contributed by atoms with Gasteiger partial charge in [-0.1, -0.05) is 30.4 Å². The van der Waals surface area contributed by atoms with E-state index in [0.717, 1.165) is 0 Å². The Kier molecular flexibility index (Phi) is 2.89. The zero-order valence-corrected chi connectivity index (χ0v) is 12.1. The molecule has 4 atom stereocenters. The molecule has 0 radical (unpaired) electrons. The molecule has 1 fully saturated rings. The number of halogens is 2. The number of hydrogen-bond donors (Lipinski definition) is 0. The maximum Gasteiger partial charge on any atom is 0.179 e. The molecule has 0 saturated heterocycles. The van der Waals surface area contributed by atoms with Crippen LogP contribution in [0.4, 0.5) is 0 Å². The van der Waals surface area contributed by atoms with Crippen LogP contribution in [0.2, 0.25) is 0 Å². The van der Waals surface area contributed by atoms with Gasteiger partial charge in [0.1, 0.15) is 10.8 Å². The highest BCUT2D eigenvalue weighted by atomic mass is 35.5. The predicted octanol–water partition coefficient (Wildman–Crippen LogP) is 2.06. The molecular formula is C15H8Cl2N2O2. The van der Waals surface area contributed by atoms with Crippen LogP contribution in [0.25, 0.3) is 0 Å². The molecule has 3 aliphatic carbocycles. The number of Topliss-reactive ketones (excluding diaryl/α,β-unsaturated/α-hetero) is 2. The quantitative estimate of drug-likeness (QED) is 0.547. The van der Waals surface area contributed by atoms with Crippen LogP contribution < -0.4 is 0 Å². The summed E-state index contributed by atoms with van der Waals surface area (Å²) in [6.45, 7) is 0. The normalized spacial score (nSPS) is 41.0. The molecule has 3 aliphatic rings. The first-order valence-electron chi connectivity index (χ1n) is 6.24. The number of rotatable bonds is 1. The van der Waals surface area contributed by atoms with Gasteiger partial charge >= 0.3 is 0 Å². The first kappa shape index (κ1) is 14.1. The maximum atomic E-state index is 12.6. The number of ketones is 2. The summed E-state index contributed by atoms with van der Waals surface area (Å²) in [5.41, 5.74) is -3.22. The molecule has 0 N–H and O–H groups in total. The molecule has 0 aromatic heterocycles. The van der Waals surface area contributed by atoms with Crippen molar-refractivity contribution in [1.82, 2.24) is 0 Å². The third-order valence-electron chi connectivity index (χ3n) is 4.36. The van der Waals surface area contributed by atoms with Crippen molar-refractivity contribution in [3.63, 3.8) is 0 Å². The van der Waals surface area contributed by atoms with Gasteiger partial charge < -0.3 is 0 Å². The summed E-state index contributed by atoms with van der Waals surface area (Å²) in [6.07, 6.45) is 8.54. The van der Waals surface area contributed by atoms with Crippen LogP contribution in [0, 0.1) is 39.4 Å². The summed E-state index contributed by atoms with van der Waals surface area (Å²) in [5.74, 6) is -1.62. The lowest BCUT2D eigenvalue weighted by atomic mass is 9.43. The minimum absolute atomic E-state index is 0.279. The molecule has 0 amide bonds. The van der Waals surface area contributed by atoms with Gasteiger partial charge in [0.05, 0.1) is 12.1 Å². The van der Waals surface area contributed by atoms with E-state index in [1.807, 2.05) is 12.1 Å². The number of fused-ring (bicyclic) bond motifs is 1. The Hall–Kier alpha value is -1.88. The molecule has 0 aromatic carbocycles. The predicted molar refractivity (Wildman–Crippen MR) is 75.2 cm³/mol.